The molecule has 2 aromatic heterocycles. The van der Waals surface area contributed by atoms with Crippen LogP contribution in [0.15, 0.2) is 6.07 Å². The molecule has 0 aliphatic carbocycles. The van der Waals surface area contributed by atoms with Gasteiger partial charge in [-0.3, -0.25) is 0 Å². The highest BCUT2D eigenvalue weighted by molar-refractivity contribution is 7.88. The molecule has 0 radical (unpaired) electrons. The smallest absolute Gasteiger partial charge is 0.211 e. The average molecular weight is 381 g/mol. The summed E-state index contributed by atoms with van der Waals surface area (Å²) in [6, 6.07) is 1.98. The second kappa shape index (κ2) is 7.09. The molecule has 0 aromatic carbocycles. The fraction of sp³-hybridized carbons (Fsp3) is 0.588. The third kappa shape index (κ3) is 4.43. The topological polar surface area (TPSA) is 76.1 Å². The Morgan fingerprint density at radius 1 is 1.16 bits per heavy atom. The Bertz CT molecular complexity index is 849. The molecule has 0 atom stereocenters. The predicted molar refractivity (Wildman–Crippen MR) is 100 cm³/mol. The fourth-order valence-corrected chi connectivity index (χ4v) is 4.87. The molecular weight excluding hydrogens is 356 g/mol. The predicted octanol–water partition coefficient (Wildman–Crippen LogP) is 2.74. The van der Waals surface area contributed by atoms with E-state index >= 15 is 0 Å². The normalized spacial score (nSPS) is 17.1. The maximum atomic E-state index is 11.6. The molecular formula is C17H24N4O2S2. The van der Waals surface area contributed by atoms with Crippen molar-refractivity contribution in [3.63, 3.8) is 0 Å². The number of hydrogen-bond donors (Lipinski definition) is 0. The van der Waals surface area contributed by atoms with E-state index in [4.69, 9.17) is 4.98 Å². The zero-order valence-electron chi connectivity index (χ0n) is 15.1. The molecule has 0 N–H and O–H groups in total. The molecule has 3 heterocycles. The number of hydrogen-bond acceptors (Lipinski definition) is 6. The Hall–Kier alpha value is -1.38. The van der Waals surface area contributed by atoms with Gasteiger partial charge in [0.2, 0.25) is 10.0 Å². The summed E-state index contributed by atoms with van der Waals surface area (Å²) in [5.74, 6) is 1.26. The Kier molecular flexibility index (Phi) is 5.22. The molecule has 25 heavy (non-hydrogen) atoms. The van der Waals surface area contributed by atoms with Crippen molar-refractivity contribution in [3.05, 3.63) is 28.2 Å². The highest BCUT2D eigenvalue weighted by Crippen LogP contribution is 2.27. The second-order valence-electron chi connectivity index (χ2n) is 6.78. The van der Waals surface area contributed by atoms with Crippen molar-refractivity contribution >= 4 is 21.4 Å². The van der Waals surface area contributed by atoms with Crippen LogP contribution in [-0.4, -0.2) is 47.0 Å². The molecule has 3 rings (SSSR count). The Labute approximate surface area is 153 Å². The van der Waals surface area contributed by atoms with Crippen LogP contribution in [0.5, 0.6) is 0 Å². The molecule has 1 saturated heterocycles. The van der Waals surface area contributed by atoms with Crippen molar-refractivity contribution in [3.8, 4) is 10.7 Å². The molecule has 8 heteroatoms. The van der Waals surface area contributed by atoms with Crippen LogP contribution in [0, 0.1) is 26.7 Å². The standard InChI is InChI=1S/C17H24N4O2S2/c1-11-9-15(17-19-12(2)13(3)24-17)20-16(18-11)10-14-5-7-21(8-6-14)25(4,22)23/h9,14H,5-8,10H2,1-4H3. The monoisotopic (exact) mass is 380 g/mol. The second-order valence-corrected chi connectivity index (χ2v) is 9.97. The third-order valence-electron chi connectivity index (χ3n) is 4.66. The summed E-state index contributed by atoms with van der Waals surface area (Å²) >= 11 is 1.66. The van der Waals surface area contributed by atoms with E-state index in [1.807, 2.05) is 19.9 Å². The first-order chi connectivity index (χ1) is 11.7. The quantitative estimate of drug-likeness (QED) is 0.815. The van der Waals surface area contributed by atoms with Crippen LogP contribution in [0.2, 0.25) is 0 Å². The number of aryl methyl sites for hydroxylation is 3. The van der Waals surface area contributed by atoms with E-state index in [2.05, 4.69) is 16.9 Å². The van der Waals surface area contributed by atoms with Crippen LogP contribution in [0.4, 0.5) is 0 Å². The summed E-state index contributed by atoms with van der Waals surface area (Å²) in [5.41, 5.74) is 2.88. The van der Waals surface area contributed by atoms with Gasteiger partial charge in [0, 0.05) is 30.1 Å². The molecule has 1 aliphatic heterocycles. The first kappa shape index (κ1) is 18.4. The first-order valence-corrected chi connectivity index (χ1v) is 11.1. The van der Waals surface area contributed by atoms with Gasteiger partial charge in [0.15, 0.2) is 0 Å². The minimum atomic E-state index is -3.08. The summed E-state index contributed by atoms with van der Waals surface area (Å²) in [6.07, 6.45) is 3.78. The van der Waals surface area contributed by atoms with Crippen LogP contribution < -0.4 is 0 Å². The van der Waals surface area contributed by atoms with E-state index in [-0.39, 0.29) is 0 Å². The summed E-state index contributed by atoms with van der Waals surface area (Å²) in [6.45, 7) is 7.25. The molecule has 2 aromatic rings. The minimum Gasteiger partial charge on any atom is -0.239 e. The van der Waals surface area contributed by atoms with E-state index in [9.17, 15) is 8.42 Å². The van der Waals surface area contributed by atoms with Crippen LogP contribution in [0.3, 0.4) is 0 Å². The highest BCUT2D eigenvalue weighted by atomic mass is 32.2. The number of piperidine rings is 1. The van der Waals surface area contributed by atoms with Crippen molar-refractivity contribution in [1.82, 2.24) is 19.3 Å². The van der Waals surface area contributed by atoms with Gasteiger partial charge >= 0.3 is 0 Å². The molecule has 1 aliphatic rings. The van der Waals surface area contributed by atoms with Crippen molar-refractivity contribution < 1.29 is 8.42 Å². The number of rotatable bonds is 4. The fourth-order valence-electron chi connectivity index (χ4n) is 3.12. The van der Waals surface area contributed by atoms with Gasteiger partial charge in [0.1, 0.15) is 16.5 Å². The van der Waals surface area contributed by atoms with Crippen LogP contribution in [0.1, 0.15) is 34.9 Å². The molecule has 0 saturated carbocycles. The van der Waals surface area contributed by atoms with Crippen LogP contribution in [-0.2, 0) is 16.4 Å². The molecule has 6 nitrogen and oxygen atoms in total. The van der Waals surface area contributed by atoms with Gasteiger partial charge < -0.3 is 0 Å². The van der Waals surface area contributed by atoms with Gasteiger partial charge in [-0.05, 0) is 45.6 Å². The van der Waals surface area contributed by atoms with Gasteiger partial charge in [-0.1, -0.05) is 0 Å². The molecule has 0 bridgehead atoms. The maximum Gasteiger partial charge on any atom is 0.211 e. The zero-order valence-corrected chi connectivity index (χ0v) is 16.7. The van der Waals surface area contributed by atoms with E-state index in [0.717, 1.165) is 47.2 Å². The summed E-state index contributed by atoms with van der Waals surface area (Å²) in [7, 11) is -3.08. The SMILES string of the molecule is Cc1cc(-c2nc(C)c(C)s2)nc(CC2CCN(S(C)(=O)=O)CC2)n1. The van der Waals surface area contributed by atoms with Gasteiger partial charge in [0.05, 0.1) is 11.9 Å². The molecule has 1 fully saturated rings. The lowest BCUT2D eigenvalue weighted by atomic mass is 9.94. The van der Waals surface area contributed by atoms with Crippen molar-refractivity contribution in [2.24, 2.45) is 5.92 Å². The van der Waals surface area contributed by atoms with E-state index in [1.165, 1.54) is 11.1 Å². The lowest BCUT2D eigenvalue weighted by Gasteiger charge is -2.29. The molecule has 136 valence electrons. The maximum absolute atomic E-state index is 11.6. The average Bonchev–Trinajstić information content (AvgIpc) is 2.86. The minimum absolute atomic E-state index is 0.424. The number of sulfonamides is 1. The Balaban J connectivity index is 1.73. The highest BCUT2D eigenvalue weighted by Gasteiger charge is 2.25. The zero-order chi connectivity index (χ0) is 18.2. The van der Waals surface area contributed by atoms with Gasteiger partial charge in [-0.15, -0.1) is 11.3 Å². The first-order valence-electron chi connectivity index (χ1n) is 8.46. The lowest BCUT2D eigenvalue weighted by Crippen LogP contribution is -2.38. The number of nitrogens with zero attached hydrogens (tertiary/aromatic N) is 4. The Morgan fingerprint density at radius 2 is 1.84 bits per heavy atom. The van der Waals surface area contributed by atoms with E-state index in [1.54, 1.807) is 15.6 Å². The third-order valence-corrected chi connectivity index (χ3v) is 7.06. The van der Waals surface area contributed by atoms with Crippen molar-refractivity contribution in [2.75, 3.05) is 19.3 Å². The molecule has 0 amide bonds. The summed E-state index contributed by atoms with van der Waals surface area (Å²) in [4.78, 5) is 15.1. The van der Waals surface area contributed by atoms with Gasteiger partial charge in [-0.2, -0.15) is 0 Å². The van der Waals surface area contributed by atoms with E-state index < -0.39 is 10.0 Å². The van der Waals surface area contributed by atoms with Gasteiger partial charge in [0.25, 0.3) is 0 Å². The molecule has 0 unspecified atom stereocenters. The molecule has 0 spiro atoms. The lowest BCUT2D eigenvalue weighted by molar-refractivity contribution is 0.271. The Morgan fingerprint density at radius 3 is 2.40 bits per heavy atom. The van der Waals surface area contributed by atoms with Crippen LogP contribution in [0.25, 0.3) is 10.7 Å². The largest absolute Gasteiger partial charge is 0.239 e. The van der Waals surface area contributed by atoms with E-state index in [0.29, 0.717) is 19.0 Å². The van der Waals surface area contributed by atoms with Crippen LogP contribution >= 0.6 is 11.3 Å². The van der Waals surface area contributed by atoms with Gasteiger partial charge in [-0.25, -0.2) is 27.7 Å². The summed E-state index contributed by atoms with van der Waals surface area (Å²) in [5, 5.41) is 0.939. The number of aromatic nitrogens is 3. The van der Waals surface area contributed by atoms with Crippen molar-refractivity contribution in [2.45, 2.75) is 40.0 Å². The number of thiazole rings is 1. The van der Waals surface area contributed by atoms with Crippen molar-refractivity contribution in [1.29, 1.82) is 0 Å². The summed E-state index contributed by atoms with van der Waals surface area (Å²) < 4.78 is 24.8.